The van der Waals surface area contributed by atoms with Crippen molar-refractivity contribution in [3.05, 3.63) is 12.3 Å². The molecule has 0 aliphatic heterocycles. The van der Waals surface area contributed by atoms with Gasteiger partial charge in [-0.05, 0) is 27.2 Å². The topological polar surface area (TPSA) is 3.24 Å². The maximum absolute atomic E-state index is 3.96. The lowest BCUT2D eigenvalue weighted by molar-refractivity contribution is 0.281. The maximum Gasteiger partial charge on any atom is 0.0230 e. The molecule has 1 nitrogen and oxygen atoms in total. The van der Waals surface area contributed by atoms with Crippen molar-refractivity contribution in [2.45, 2.75) is 46.6 Å². The van der Waals surface area contributed by atoms with E-state index in [1.165, 1.54) is 18.5 Å². The number of hydrogen-bond acceptors (Lipinski definition) is 1. The Kier molecular flexibility index (Phi) is 5.01. The summed E-state index contributed by atoms with van der Waals surface area (Å²) in [6.45, 7) is 13.8. The van der Waals surface area contributed by atoms with Gasteiger partial charge >= 0.3 is 0 Å². The van der Waals surface area contributed by atoms with Gasteiger partial charge in [-0.3, -0.25) is 0 Å². The second-order valence-corrected chi connectivity index (χ2v) is 3.38. The molecule has 0 rings (SSSR count). The Morgan fingerprint density at radius 1 is 1.45 bits per heavy atom. The lowest BCUT2D eigenvalue weighted by Crippen LogP contribution is -2.29. The third-order valence-corrected chi connectivity index (χ3v) is 1.87. The number of nitrogens with zero attached hydrogens (tertiary/aromatic N) is 1. The third kappa shape index (κ3) is 4.07. The first kappa shape index (κ1) is 10.5. The van der Waals surface area contributed by atoms with E-state index < -0.39 is 0 Å². The van der Waals surface area contributed by atoms with Crippen LogP contribution in [0.25, 0.3) is 0 Å². The Labute approximate surface area is 71.1 Å². The van der Waals surface area contributed by atoms with Crippen molar-refractivity contribution in [1.82, 2.24) is 4.90 Å². The van der Waals surface area contributed by atoms with E-state index in [4.69, 9.17) is 0 Å². The summed E-state index contributed by atoms with van der Waals surface area (Å²) in [5, 5.41) is 0. The van der Waals surface area contributed by atoms with Gasteiger partial charge in [0.1, 0.15) is 0 Å². The second kappa shape index (κ2) is 5.22. The minimum absolute atomic E-state index is 0.596. The molecule has 0 aromatic carbocycles. The van der Waals surface area contributed by atoms with Crippen molar-refractivity contribution in [3.63, 3.8) is 0 Å². The van der Waals surface area contributed by atoms with Gasteiger partial charge in [0.05, 0.1) is 0 Å². The van der Waals surface area contributed by atoms with E-state index in [1.807, 2.05) is 0 Å². The Morgan fingerprint density at radius 3 is 2.27 bits per heavy atom. The van der Waals surface area contributed by atoms with E-state index >= 15 is 0 Å². The minimum atomic E-state index is 0.596. The molecule has 0 bridgehead atoms. The van der Waals surface area contributed by atoms with Crippen molar-refractivity contribution in [3.8, 4) is 0 Å². The molecule has 0 saturated heterocycles. The zero-order chi connectivity index (χ0) is 8.85. The Bertz CT molecular complexity index is 116. The first-order valence-corrected chi connectivity index (χ1v) is 4.51. The predicted molar refractivity (Wildman–Crippen MR) is 51.6 cm³/mol. The molecule has 0 spiro atoms. The molecule has 1 heteroatoms. The van der Waals surface area contributed by atoms with Crippen LogP contribution in [0.3, 0.4) is 0 Å². The molecule has 0 aliphatic rings. The molecule has 0 fully saturated rings. The lowest BCUT2D eigenvalue weighted by atomic mass is 10.2. The molecule has 0 unspecified atom stereocenters. The summed E-state index contributed by atoms with van der Waals surface area (Å²) >= 11 is 0. The van der Waals surface area contributed by atoms with Crippen molar-refractivity contribution in [2.75, 3.05) is 6.54 Å². The van der Waals surface area contributed by atoms with Crippen molar-refractivity contribution >= 4 is 0 Å². The van der Waals surface area contributed by atoms with E-state index in [9.17, 15) is 0 Å². The summed E-state index contributed by atoms with van der Waals surface area (Å²) in [6, 6.07) is 0.596. The van der Waals surface area contributed by atoms with Gasteiger partial charge in [0.2, 0.25) is 0 Å². The number of rotatable bonds is 5. The summed E-state index contributed by atoms with van der Waals surface area (Å²) in [5.41, 5.74) is 1.19. The molecule has 0 atom stereocenters. The summed E-state index contributed by atoms with van der Waals surface area (Å²) in [5.74, 6) is 0. The van der Waals surface area contributed by atoms with Crippen LogP contribution in [0.5, 0.6) is 0 Å². The van der Waals surface area contributed by atoms with Crippen LogP contribution in [-0.2, 0) is 0 Å². The highest BCUT2D eigenvalue weighted by Crippen LogP contribution is 2.07. The molecule has 66 valence electrons. The first-order chi connectivity index (χ1) is 5.09. The molecular formula is C10H21N. The van der Waals surface area contributed by atoms with Gasteiger partial charge < -0.3 is 4.90 Å². The quantitative estimate of drug-likeness (QED) is 0.590. The van der Waals surface area contributed by atoms with E-state index in [0.29, 0.717) is 6.04 Å². The van der Waals surface area contributed by atoms with Crippen LogP contribution in [0.1, 0.15) is 40.5 Å². The molecule has 11 heavy (non-hydrogen) atoms. The van der Waals surface area contributed by atoms with Crippen LogP contribution in [0.15, 0.2) is 12.3 Å². The van der Waals surface area contributed by atoms with Crippen molar-refractivity contribution in [1.29, 1.82) is 0 Å². The highest BCUT2D eigenvalue weighted by atomic mass is 15.1. The van der Waals surface area contributed by atoms with Crippen LogP contribution in [0.4, 0.5) is 0 Å². The molecule has 0 aromatic rings. The zero-order valence-electron chi connectivity index (χ0n) is 8.35. The van der Waals surface area contributed by atoms with Gasteiger partial charge in [-0.1, -0.05) is 19.9 Å². The number of allylic oxidation sites excluding steroid dienone is 1. The highest BCUT2D eigenvalue weighted by Gasteiger charge is 2.06. The van der Waals surface area contributed by atoms with Gasteiger partial charge in [0.25, 0.3) is 0 Å². The maximum atomic E-state index is 3.96. The van der Waals surface area contributed by atoms with Gasteiger partial charge in [-0.15, -0.1) is 0 Å². The molecule has 0 N–H and O–H groups in total. The normalized spacial score (nSPS) is 10.3. The summed E-state index contributed by atoms with van der Waals surface area (Å²) in [7, 11) is 0. The number of unbranched alkanes of at least 4 members (excludes halogenated alkanes) is 1. The molecule has 0 radical (unpaired) electrons. The van der Waals surface area contributed by atoms with E-state index in [1.54, 1.807) is 0 Å². The van der Waals surface area contributed by atoms with E-state index in [2.05, 4.69) is 39.2 Å². The highest BCUT2D eigenvalue weighted by molar-refractivity contribution is 4.90. The molecule has 0 heterocycles. The predicted octanol–water partition coefficient (Wildman–Crippen LogP) is 3.03. The Balaban J connectivity index is 3.80. The fraction of sp³-hybridized carbons (Fsp3) is 0.800. The monoisotopic (exact) mass is 155 g/mol. The average molecular weight is 155 g/mol. The molecular weight excluding hydrogens is 134 g/mol. The van der Waals surface area contributed by atoms with E-state index in [0.717, 1.165) is 6.54 Å². The standard InChI is InChI=1S/C10H21N/c1-6-7-8-11(9(2)3)10(4)5/h10H,2,6-8H2,1,3-5H3. The molecule has 0 amide bonds. The minimum Gasteiger partial charge on any atom is -0.373 e. The smallest absolute Gasteiger partial charge is 0.0230 e. The largest absolute Gasteiger partial charge is 0.373 e. The van der Waals surface area contributed by atoms with Crippen LogP contribution < -0.4 is 0 Å². The van der Waals surface area contributed by atoms with Gasteiger partial charge in [0, 0.05) is 18.3 Å². The molecule has 0 aromatic heterocycles. The third-order valence-electron chi connectivity index (χ3n) is 1.87. The average Bonchev–Trinajstić information content (AvgIpc) is 1.87. The summed E-state index contributed by atoms with van der Waals surface area (Å²) in [6.07, 6.45) is 2.53. The lowest BCUT2D eigenvalue weighted by Gasteiger charge is -2.28. The summed E-state index contributed by atoms with van der Waals surface area (Å²) < 4.78 is 0. The molecule has 0 aliphatic carbocycles. The van der Waals surface area contributed by atoms with Crippen molar-refractivity contribution < 1.29 is 0 Å². The zero-order valence-corrected chi connectivity index (χ0v) is 8.35. The van der Waals surface area contributed by atoms with Gasteiger partial charge in [-0.2, -0.15) is 0 Å². The fourth-order valence-corrected chi connectivity index (χ4v) is 1.22. The Hall–Kier alpha value is -0.460. The summed E-state index contributed by atoms with van der Waals surface area (Å²) in [4.78, 5) is 2.35. The first-order valence-electron chi connectivity index (χ1n) is 4.51. The number of hydrogen-bond donors (Lipinski definition) is 0. The van der Waals surface area contributed by atoms with Crippen molar-refractivity contribution in [2.24, 2.45) is 0 Å². The van der Waals surface area contributed by atoms with Crippen LogP contribution >= 0.6 is 0 Å². The second-order valence-electron chi connectivity index (χ2n) is 3.38. The van der Waals surface area contributed by atoms with Crippen LogP contribution in [0, 0.1) is 0 Å². The van der Waals surface area contributed by atoms with Crippen LogP contribution in [0.2, 0.25) is 0 Å². The van der Waals surface area contributed by atoms with Crippen LogP contribution in [-0.4, -0.2) is 17.5 Å². The SMILES string of the molecule is C=C(C)N(CCCC)C(C)C. The fourth-order valence-electron chi connectivity index (χ4n) is 1.22. The van der Waals surface area contributed by atoms with Gasteiger partial charge in [0.15, 0.2) is 0 Å². The van der Waals surface area contributed by atoms with E-state index in [-0.39, 0.29) is 0 Å². The van der Waals surface area contributed by atoms with Gasteiger partial charge in [-0.25, -0.2) is 0 Å². The molecule has 0 saturated carbocycles. The Morgan fingerprint density at radius 2 is 2.00 bits per heavy atom.